The van der Waals surface area contributed by atoms with Crippen LogP contribution in [0, 0.1) is 0 Å². The Balaban J connectivity index is 1.77. The van der Waals surface area contributed by atoms with Crippen molar-refractivity contribution in [2.24, 2.45) is 0 Å². The molecule has 1 aromatic carbocycles. The highest BCUT2D eigenvalue weighted by molar-refractivity contribution is 5.93. The molecule has 1 aliphatic rings. The van der Waals surface area contributed by atoms with Gasteiger partial charge in [-0.05, 0) is 37.1 Å². The number of anilines is 2. The molecule has 6 heteroatoms. The summed E-state index contributed by atoms with van der Waals surface area (Å²) in [5.41, 5.74) is 1.71. The third-order valence-electron chi connectivity index (χ3n) is 3.21. The smallest absolute Gasteiger partial charge is 0.335 e. The van der Waals surface area contributed by atoms with Gasteiger partial charge in [0.25, 0.3) is 5.91 Å². The Morgan fingerprint density at radius 2 is 2.05 bits per heavy atom. The fourth-order valence-electron chi connectivity index (χ4n) is 2.03. The van der Waals surface area contributed by atoms with Crippen molar-refractivity contribution >= 4 is 23.3 Å². The van der Waals surface area contributed by atoms with E-state index in [1.165, 1.54) is 0 Å². The Labute approximate surface area is 124 Å². The van der Waals surface area contributed by atoms with Gasteiger partial charge in [-0.15, -0.1) is 0 Å². The quantitative estimate of drug-likeness (QED) is 0.831. The predicted molar refractivity (Wildman–Crippen MR) is 79.3 cm³/mol. The maximum absolute atomic E-state index is 11.7. The lowest BCUT2D eigenvalue weighted by atomic mass is 10.2. The number of hydrogen-bond acceptors (Lipinski definition) is 5. The van der Waals surface area contributed by atoms with Gasteiger partial charge in [-0.2, -0.15) is 0 Å². The van der Waals surface area contributed by atoms with Crippen LogP contribution >= 0.6 is 0 Å². The molecule has 2 rings (SSSR count). The van der Waals surface area contributed by atoms with Crippen LogP contribution in [0.15, 0.2) is 24.3 Å². The number of amides is 1. The van der Waals surface area contributed by atoms with Crippen molar-refractivity contribution in [2.75, 3.05) is 37.5 Å². The van der Waals surface area contributed by atoms with Crippen molar-refractivity contribution in [1.82, 2.24) is 0 Å². The van der Waals surface area contributed by atoms with Gasteiger partial charge in [-0.3, -0.25) is 4.79 Å². The van der Waals surface area contributed by atoms with E-state index < -0.39 is 12.1 Å². The van der Waals surface area contributed by atoms with E-state index in [9.17, 15) is 9.59 Å². The predicted octanol–water partition coefficient (Wildman–Crippen LogP) is 1.41. The summed E-state index contributed by atoms with van der Waals surface area (Å²) in [7, 11) is 3.89. The molecule has 0 spiro atoms. The molecule has 1 aromatic rings. The van der Waals surface area contributed by atoms with E-state index in [4.69, 9.17) is 9.47 Å². The van der Waals surface area contributed by atoms with Crippen molar-refractivity contribution in [3.63, 3.8) is 0 Å². The van der Waals surface area contributed by atoms with Crippen LogP contribution in [-0.4, -0.2) is 45.3 Å². The SMILES string of the molecule is CN(C)c1ccc(NC(=O)COC(=O)[C@H]2CCCO2)cc1. The largest absolute Gasteiger partial charge is 0.454 e. The first-order valence-electron chi connectivity index (χ1n) is 6.92. The summed E-state index contributed by atoms with van der Waals surface area (Å²) >= 11 is 0. The molecule has 0 saturated carbocycles. The first-order chi connectivity index (χ1) is 10.1. The third-order valence-corrected chi connectivity index (χ3v) is 3.21. The molecular formula is C15H20N2O4. The number of nitrogens with zero attached hydrogens (tertiary/aromatic N) is 1. The van der Waals surface area contributed by atoms with Gasteiger partial charge in [-0.25, -0.2) is 4.79 Å². The topological polar surface area (TPSA) is 67.9 Å². The number of rotatable bonds is 5. The number of carbonyl (C=O) groups is 2. The monoisotopic (exact) mass is 292 g/mol. The Hall–Kier alpha value is -2.08. The number of hydrogen-bond donors (Lipinski definition) is 1. The number of esters is 1. The number of nitrogens with one attached hydrogen (secondary N) is 1. The molecular weight excluding hydrogens is 272 g/mol. The highest BCUT2D eigenvalue weighted by Crippen LogP contribution is 2.16. The zero-order chi connectivity index (χ0) is 15.2. The molecule has 1 saturated heterocycles. The maximum Gasteiger partial charge on any atom is 0.335 e. The van der Waals surface area contributed by atoms with Gasteiger partial charge >= 0.3 is 5.97 Å². The summed E-state index contributed by atoms with van der Waals surface area (Å²) in [5.74, 6) is -0.829. The second-order valence-electron chi connectivity index (χ2n) is 5.10. The first kappa shape index (κ1) is 15.3. The maximum atomic E-state index is 11.7. The van der Waals surface area contributed by atoms with E-state index >= 15 is 0 Å². The van der Waals surface area contributed by atoms with Gasteiger partial charge in [0.2, 0.25) is 0 Å². The van der Waals surface area contributed by atoms with Crippen LogP contribution in [0.25, 0.3) is 0 Å². The summed E-state index contributed by atoms with van der Waals surface area (Å²) in [6.45, 7) is 0.276. The highest BCUT2D eigenvalue weighted by Gasteiger charge is 2.25. The van der Waals surface area contributed by atoms with Gasteiger partial charge in [-0.1, -0.05) is 0 Å². The molecule has 6 nitrogen and oxygen atoms in total. The second-order valence-corrected chi connectivity index (χ2v) is 5.10. The molecule has 0 aliphatic carbocycles. The minimum absolute atomic E-state index is 0.297. The molecule has 1 heterocycles. The number of ether oxygens (including phenoxy) is 2. The van der Waals surface area contributed by atoms with E-state index in [1.807, 2.05) is 31.1 Å². The molecule has 1 aliphatic heterocycles. The summed E-state index contributed by atoms with van der Waals surface area (Å²) < 4.78 is 10.1. The summed E-state index contributed by atoms with van der Waals surface area (Å²) in [5, 5.41) is 2.68. The number of carbonyl (C=O) groups excluding carboxylic acids is 2. The van der Waals surface area contributed by atoms with Crippen molar-refractivity contribution in [3.05, 3.63) is 24.3 Å². The summed E-state index contributed by atoms with van der Waals surface area (Å²) in [6.07, 6.45) is 0.994. The van der Waals surface area contributed by atoms with Crippen molar-refractivity contribution in [2.45, 2.75) is 18.9 Å². The molecule has 0 aromatic heterocycles. The lowest BCUT2D eigenvalue weighted by Crippen LogP contribution is -2.27. The van der Waals surface area contributed by atoms with Crippen LogP contribution in [-0.2, 0) is 19.1 Å². The molecule has 0 radical (unpaired) electrons. The van der Waals surface area contributed by atoms with E-state index in [2.05, 4.69) is 5.32 Å². The average Bonchev–Trinajstić information content (AvgIpc) is 2.99. The normalized spacial score (nSPS) is 17.3. The molecule has 1 fully saturated rings. The van der Waals surface area contributed by atoms with E-state index in [0.717, 1.165) is 12.1 Å². The van der Waals surface area contributed by atoms with Crippen LogP contribution in [0.3, 0.4) is 0 Å². The van der Waals surface area contributed by atoms with Crippen molar-refractivity contribution < 1.29 is 19.1 Å². The Morgan fingerprint density at radius 3 is 2.62 bits per heavy atom. The van der Waals surface area contributed by atoms with Crippen LogP contribution in [0.2, 0.25) is 0 Å². The van der Waals surface area contributed by atoms with E-state index in [0.29, 0.717) is 18.7 Å². The Morgan fingerprint density at radius 1 is 1.33 bits per heavy atom. The van der Waals surface area contributed by atoms with Gasteiger partial charge in [0, 0.05) is 32.1 Å². The van der Waals surface area contributed by atoms with Gasteiger partial charge in [0.1, 0.15) is 0 Å². The lowest BCUT2D eigenvalue weighted by molar-refractivity contribution is -0.156. The van der Waals surface area contributed by atoms with E-state index in [1.54, 1.807) is 12.1 Å². The minimum atomic E-state index is -0.517. The lowest BCUT2D eigenvalue weighted by Gasteiger charge is -2.13. The zero-order valence-corrected chi connectivity index (χ0v) is 12.3. The van der Waals surface area contributed by atoms with Crippen molar-refractivity contribution in [1.29, 1.82) is 0 Å². The second kappa shape index (κ2) is 7.08. The first-order valence-corrected chi connectivity index (χ1v) is 6.92. The van der Waals surface area contributed by atoms with Crippen LogP contribution in [0.5, 0.6) is 0 Å². The molecule has 21 heavy (non-hydrogen) atoms. The van der Waals surface area contributed by atoms with Crippen molar-refractivity contribution in [3.8, 4) is 0 Å². The standard InChI is InChI=1S/C15H20N2O4/c1-17(2)12-7-5-11(6-8-12)16-14(18)10-21-15(19)13-4-3-9-20-13/h5-8,13H,3-4,9-10H2,1-2H3,(H,16,18)/t13-/m1/s1. The molecule has 1 N–H and O–H groups in total. The molecule has 1 amide bonds. The fourth-order valence-corrected chi connectivity index (χ4v) is 2.03. The molecule has 1 atom stereocenters. The molecule has 114 valence electrons. The average molecular weight is 292 g/mol. The van der Waals surface area contributed by atoms with Gasteiger partial charge in [0.05, 0.1) is 0 Å². The third kappa shape index (κ3) is 4.46. The van der Waals surface area contributed by atoms with Crippen LogP contribution in [0.4, 0.5) is 11.4 Å². The highest BCUT2D eigenvalue weighted by atomic mass is 16.6. The Kier molecular flexibility index (Phi) is 5.16. The van der Waals surface area contributed by atoms with Gasteiger partial charge < -0.3 is 19.7 Å². The van der Waals surface area contributed by atoms with Gasteiger partial charge in [0.15, 0.2) is 12.7 Å². The minimum Gasteiger partial charge on any atom is -0.454 e. The van der Waals surface area contributed by atoms with Crippen LogP contribution in [0.1, 0.15) is 12.8 Å². The fraction of sp³-hybridized carbons (Fsp3) is 0.467. The number of benzene rings is 1. The zero-order valence-electron chi connectivity index (χ0n) is 12.3. The molecule has 0 unspecified atom stereocenters. The summed E-state index contributed by atoms with van der Waals surface area (Å²) in [6, 6.07) is 7.40. The van der Waals surface area contributed by atoms with E-state index in [-0.39, 0.29) is 12.5 Å². The van der Waals surface area contributed by atoms with Crippen LogP contribution < -0.4 is 10.2 Å². The Bertz CT molecular complexity index is 493. The molecule has 0 bridgehead atoms. The summed E-state index contributed by atoms with van der Waals surface area (Å²) in [4.78, 5) is 25.3.